The molecule has 0 spiro atoms. The topological polar surface area (TPSA) is 93.4 Å². The van der Waals surface area contributed by atoms with E-state index < -0.39 is 18.0 Å². The third-order valence-electron chi connectivity index (χ3n) is 3.91. The van der Waals surface area contributed by atoms with Gasteiger partial charge in [-0.2, -0.15) is 0 Å². The summed E-state index contributed by atoms with van der Waals surface area (Å²) in [7, 11) is 1.47. The Labute approximate surface area is 165 Å². The monoisotopic (exact) mass is 391 g/mol. The van der Waals surface area contributed by atoms with Crippen molar-refractivity contribution in [1.82, 2.24) is 10.6 Å². The van der Waals surface area contributed by atoms with E-state index in [1.807, 2.05) is 60.7 Å². The molecule has 0 radical (unpaired) electrons. The van der Waals surface area contributed by atoms with Gasteiger partial charge in [0.15, 0.2) is 0 Å². The van der Waals surface area contributed by atoms with Crippen LogP contribution in [0.3, 0.4) is 0 Å². The van der Waals surface area contributed by atoms with Crippen molar-refractivity contribution in [3.8, 4) is 0 Å². The lowest BCUT2D eigenvalue weighted by atomic mass is 10.0. The summed E-state index contributed by atoms with van der Waals surface area (Å²) in [6, 6.07) is 17.6. The molecular weight excluding hydrogens is 366 g/mol. The van der Waals surface area contributed by atoms with E-state index in [9.17, 15) is 9.59 Å². The van der Waals surface area contributed by atoms with Gasteiger partial charge in [0.1, 0.15) is 12.1 Å². The Kier molecular flexibility index (Phi) is 10.1. The quantitative estimate of drug-likeness (QED) is 0.602. The maximum Gasteiger partial charge on any atom is 0.243 e. The zero-order valence-corrected chi connectivity index (χ0v) is 16.1. The Morgan fingerprint density at radius 3 is 2.07 bits per heavy atom. The number of carbonyl (C=O) groups excluding carboxylic acids is 2. The Morgan fingerprint density at radius 2 is 1.52 bits per heavy atom. The van der Waals surface area contributed by atoms with E-state index in [1.165, 1.54) is 7.11 Å². The number of ether oxygens (including phenoxy) is 1. The number of hydrogen-bond donors (Lipinski definition) is 3. The molecule has 27 heavy (non-hydrogen) atoms. The predicted octanol–water partition coefficient (Wildman–Crippen LogP) is 1.43. The van der Waals surface area contributed by atoms with Gasteiger partial charge >= 0.3 is 0 Å². The van der Waals surface area contributed by atoms with Crippen LogP contribution in [0.5, 0.6) is 0 Å². The SMILES string of the molecule is COCC(N)C(=O)NC(Cc1ccccc1)C(=O)NCc1ccccc1.Cl. The van der Waals surface area contributed by atoms with E-state index in [0.717, 1.165) is 11.1 Å². The maximum atomic E-state index is 12.6. The van der Waals surface area contributed by atoms with Gasteiger partial charge in [0, 0.05) is 20.1 Å². The van der Waals surface area contributed by atoms with Crippen molar-refractivity contribution in [2.45, 2.75) is 25.0 Å². The van der Waals surface area contributed by atoms with E-state index in [4.69, 9.17) is 10.5 Å². The summed E-state index contributed by atoms with van der Waals surface area (Å²) in [5.74, 6) is -0.668. The molecule has 2 amide bonds. The van der Waals surface area contributed by atoms with Crippen molar-refractivity contribution in [1.29, 1.82) is 0 Å². The maximum absolute atomic E-state index is 12.6. The molecule has 2 aromatic rings. The third-order valence-corrected chi connectivity index (χ3v) is 3.91. The number of hydrogen-bond acceptors (Lipinski definition) is 4. The molecule has 0 saturated heterocycles. The molecular formula is C20H26ClN3O3. The number of halogens is 1. The first-order chi connectivity index (χ1) is 12.6. The molecule has 2 aromatic carbocycles. The highest BCUT2D eigenvalue weighted by atomic mass is 35.5. The average Bonchev–Trinajstić information content (AvgIpc) is 2.67. The fourth-order valence-electron chi connectivity index (χ4n) is 2.50. The largest absolute Gasteiger partial charge is 0.383 e. The first kappa shape index (κ1) is 22.6. The minimum atomic E-state index is -0.819. The van der Waals surface area contributed by atoms with Crippen LogP contribution in [0.1, 0.15) is 11.1 Å². The lowest BCUT2D eigenvalue weighted by Gasteiger charge is -2.21. The second-order valence-corrected chi connectivity index (χ2v) is 6.02. The summed E-state index contributed by atoms with van der Waals surface area (Å²) in [5.41, 5.74) is 7.71. The van der Waals surface area contributed by atoms with Gasteiger partial charge in [-0.1, -0.05) is 60.7 Å². The molecule has 0 fully saturated rings. The molecule has 4 N–H and O–H groups in total. The van der Waals surface area contributed by atoms with Crippen LogP contribution in [-0.4, -0.2) is 37.6 Å². The summed E-state index contributed by atoms with van der Waals surface area (Å²) in [4.78, 5) is 24.9. The predicted molar refractivity (Wildman–Crippen MR) is 107 cm³/mol. The van der Waals surface area contributed by atoms with Crippen molar-refractivity contribution in [2.24, 2.45) is 5.73 Å². The molecule has 146 valence electrons. The fourth-order valence-corrected chi connectivity index (χ4v) is 2.50. The molecule has 0 aromatic heterocycles. The Morgan fingerprint density at radius 1 is 0.963 bits per heavy atom. The van der Waals surface area contributed by atoms with Crippen LogP contribution in [-0.2, 0) is 27.3 Å². The number of rotatable bonds is 9. The van der Waals surface area contributed by atoms with Crippen LogP contribution in [0.25, 0.3) is 0 Å². The van der Waals surface area contributed by atoms with E-state index >= 15 is 0 Å². The lowest BCUT2D eigenvalue weighted by molar-refractivity contribution is -0.130. The molecule has 7 heteroatoms. The van der Waals surface area contributed by atoms with Crippen molar-refractivity contribution in [2.75, 3.05) is 13.7 Å². The van der Waals surface area contributed by atoms with Crippen LogP contribution in [0, 0.1) is 0 Å². The summed E-state index contributed by atoms with van der Waals surface area (Å²) >= 11 is 0. The molecule has 0 aliphatic heterocycles. The smallest absolute Gasteiger partial charge is 0.243 e. The number of benzene rings is 2. The van der Waals surface area contributed by atoms with E-state index in [1.54, 1.807) is 0 Å². The van der Waals surface area contributed by atoms with Gasteiger partial charge in [0.05, 0.1) is 6.61 Å². The molecule has 0 aliphatic carbocycles. The summed E-state index contributed by atoms with van der Waals surface area (Å²) in [6.45, 7) is 0.487. The lowest BCUT2D eigenvalue weighted by Crippen LogP contribution is -2.53. The highest BCUT2D eigenvalue weighted by Crippen LogP contribution is 2.05. The van der Waals surface area contributed by atoms with E-state index in [2.05, 4.69) is 10.6 Å². The number of methoxy groups -OCH3 is 1. The fraction of sp³-hybridized carbons (Fsp3) is 0.300. The number of nitrogens with two attached hydrogens (primary N) is 1. The minimum Gasteiger partial charge on any atom is -0.383 e. The number of nitrogens with one attached hydrogen (secondary N) is 2. The average molecular weight is 392 g/mol. The molecule has 6 nitrogen and oxygen atoms in total. The van der Waals surface area contributed by atoms with Crippen LogP contribution in [0.2, 0.25) is 0 Å². The van der Waals surface area contributed by atoms with Gasteiger partial charge in [-0.3, -0.25) is 9.59 Å². The van der Waals surface area contributed by atoms with Gasteiger partial charge in [0.25, 0.3) is 0 Å². The normalized spacial score (nSPS) is 12.4. The van der Waals surface area contributed by atoms with Gasteiger partial charge in [-0.05, 0) is 11.1 Å². The van der Waals surface area contributed by atoms with Gasteiger partial charge in [0.2, 0.25) is 11.8 Å². The Balaban J connectivity index is 0.00000364. The van der Waals surface area contributed by atoms with Crippen molar-refractivity contribution < 1.29 is 14.3 Å². The van der Waals surface area contributed by atoms with Gasteiger partial charge in [-0.25, -0.2) is 0 Å². The Hall–Kier alpha value is -2.41. The highest BCUT2D eigenvalue weighted by Gasteiger charge is 2.24. The summed E-state index contributed by atoms with van der Waals surface area (Å²) in [6.07, 6.45) is 0.382. The van der Waals surface area contributed by atoms with Crippen LogP contribution >= 0.6 is 12.4 Å². The van der Waals surface area contributed by atoms with E-state index in [-0.39, 0.29) is 24.9 Å². The minimum absolute atomic E-state index is 0. The molecule has 0 aliphatic rings. The molecule has 2 rings (SSSR count). The molecule has 0 heterocycles. The second kappa shape index (κ2) is 12.1. The Bertz CT molecular complexity index is 698. The van der Waals surface area contributed by atoms with Crippen molar-refractivity contribution in [3.63, 3.8) is 0 Å². The van der Waals surface area contributed by atoms with Crippen LogP contribution in [0.4, 0.5) is 0 Å². The third kappa shape index (κ3) is 7.78. The zero-order valence-electron chi connectivity index (χ0n) is 15.3. The van der Waals surface area contributed by atoms with Crippen molar-refractivity contribution in [3.05, 3.63) is 71.8 Å². The molecule has 2 unspecified atom stereocenters. The first-order valence-electron chi connectivity index (χ1n) is 8.50. The summed E-state index contributed by atoms with van der Waals surface area (Å²) < 4.78 is 4.90. The molecule has 0 bridgehead atoms. The second-order valence-electron chi connectivity index (χ2n) is 6.02. The zero-order chi connectivity index (χ0) is 18.8. The van der Waals surface area contributed by atoms with Gasteiger partial charge in [-0.15, -0.1) is 12.4 Å². The standard InChI is InChI=1S/C20H25N3O3.ClH/c1-26-14-17(21)19(24)23-18(12-15-8-4-2-5-9-15)20(25)22-13-16-10-6-3-7-11-16;/h2-11,17-18H,12-14,21H2,1H3,(H,22,25)(H,23,24);1H. The molecule has 0 saturated carbocycles. The summed E-state index contributed by atoms with van der Waals surface area (Å²) in [5, 5.41) is 5.60. The van der Waals surface area contributed by atoms with Crippen LogP contribution in [0.15, 0.2) is 60.7 Å². The number of carbonyl (C=O) groups is 2. The van der Waals surface area contributed by atoms with Crippen LogP contribution < -0.4 is 16.4 Å². The number of amides is 2. The highest BCUT2D eigenvalue weighted by molar-refractivity contribution is 5.90. The first-order valence-corrected chi connectivity index (χ1v) is 8.50. The molecule has 2 atom stereocenters. The van der Waals surface area contributed by atoms with Crippen molar-refractivity contribution >= 4 is 24.2 Å². The van der Waals surface area contributed by atoms with E-state index in [0.29, 0.717) is 13.0 Å². The van der Waals surface area contributed by atoms with Gasteiger partial charge < -0.3 is 21.1 Å².